The minimum absolute atomic E-state index is 0.0751. The third-order valence-electron chi connectivity index (χ3n) is 3.10. The van der Waals surface area contributed by atoms with Gasteiger partial charge in [-0.25, -0.2) is 8.42 Å². The third kappa shape index (κ3) is 3.14. The molecular weight excluding hydrogens is 272 g/mol. The molecule has 0 saturated heterocycles. The summed E-state index contributed by atoms with van der Waals surface area (Å²) in [6, 6.07) is 14.0. The number of carbonyl (C=O) groups is 1. The Bertz CT molecular complexity index is 746. The first-order valence-corrected chi connectivity index (χ1v) is 8.24. The maximum absolute atomic E-state index is 11.7. The number of Topliss-reactive ketones (excluding diaryl/α,β-unsaturated/α-hetero) is 1. The highest BCUT2D eigenvalue weighted by atomic mass is 32.2. The number of benzene rings is 2. The van der Waals surface area contributed by atoms with Gasteiger partial charge in [0.15, 0.2) is 15.6 Å². The van der Waals surface area contributed by atoms with Crippen LogP contribution in [0.3, 0.4) is 0 Å². The largest absolute Gasteiger partial charge is 0.294 e. The molecule has 0 aliphatic heterocycles. The van der Waals surface area contributed by atoms with Crippen molar-refractivity contribution in [1.82, 2.24) is 0 Å². The van der Waals surface area contributed by atoms with Gasteiger partial charge in [-0.3, -0.25) is 4.79 Å². The van der Waals surface area contributed by atoms with Gasteiger partial charge in [-0.1, -0.05) is 37.3 Å². The molecule has 0 fully saturated rings. The number of sulfone groups is 1. The summed E-state index contributed by atoms with van der Waals surface area (Å²) in [4.78, 5) is 12.0. The van der Waals surface area contributed by atoms with Crippen LogP contribution in [0.4, 0.5) is 0 Å². The molecule has 0 unspecified atom stereocenters. The average Bonchev–Trinajstić information content (AvgIpc) is 2.46. The number of hydrogen-bond acceptors (Lipinski definition) is 3. The number of ketones is 1. The van der Waals surface area contributed by atoms with Gasteiger partial charge in [-0.05, 0) is 29.3 Å². The molecule has 0 aliphatic carbocycles. The lowest BCUT2D eigenvalue weighted by molar-refractivity contribution is 0.0988. The fraction of sp³-hybridized carbons (Fsp3) is 0.188. The van der Waals surface area contributed by atoms with E-state index in [1.807, 2.05) is 25.1 Å². The van der Waals surface area contributed by atoms with Gasteiger partial charge in [0.25, 0.3) is 0 Å². The zero-order chi connectivity index (χ0) is 14.8. The summed E-state index contributed by atoms with van der Waals surface area (Å²) in [5, 5.41) is 0. The second kappa shape index (κ2) is 5.59. The van der Waals surface area contributed by atoms with Crippen LogP contribution in [0, 0.1) is 0 Å². The Morgan fingerprint density at radius 2 is 1.60 bits per heavy atom. The number of hydrogen-bond donors (Lipinski definition) is 0. The van der Waals surface area contributed by atoms with Crippen LogP contribution in [0.2, 0.25) is 0 Å². The maximum Gasteiger partial charge on any atom is 0.175 e. The van der Waals surface area contributed by atoms with Crippen molar-refractivity contribution >= 4 is 15.6 Å². The van der Waals surface area contributed by atoms with Gasteiger partial charge in [0, 0.05) is 18.2 Å². The van der Waals surface area contributed by atoms with Crippen molar-refractivity contribution < 1.29 is 13.2 Å². The summed E-state index contributed by atoms with van der Waals surface area (Å²) in [5.74, 6) is 0.0751. The van der Waals surface area contributed by atoms with E-state index in [9.17, 15) is 13.2 Å². The van der Waals surface area contributed by atoms with Crippen LogP contribution in [0.1, 0.15) is 23.7 Å². The molecule has 104 valence electrons. The molecule has 0 N–H and O–H groups in total. The predicted molar refractivity (Wildman–Crippen MR) is 79.6 cm³/mol. The molecule has 0 heterocycles. The van der Waals surface area contributed by atoms with Crippen LogP contribution in [-0.4, -0.2) is 20.5 Å². The van der Waals surface area contributed by atoms with Crippen molar-refractivity contribution in [2.75, 3.05) is 6.26 Å². The van der Waals surface area contributed by atoms with Crippen LogP contribution in [0.25, 0.3) is 11.1 Å². The fourth-order valence-corrected chi connectivity index (χ4v) is 2.65. The smallest absolute Gasteiger partial charge is 0.175 e. The SMILES string of the molecule is CCC(=O)c1cccc(-c2cccc(S(C)(=O)=O)c2)c1. The number of carbonyl (C=O) groups excluding carboxylic acids is 1. The Morgan fingerprint density at radius 1 is 1.00 bits per heavy atom. The van der Waals surface area contributed by atoms with Crippen molar-refractivity contribution in [3.63, 3.8) is 0 Å². The molecule has 2 aromatic rings. The Labute approximate surface area is 119 Å². The summed E-state index contributed by atoms with van der Waals surface area (Å²) in [5.41, 5.74) is 2.28. The van der Waals surface area contributed by atoms with E-state index in [1.165, 1.54) is 6.26 Å². The zero-order valence-electron chi connectivity index (χ0n) is 11.5. The lowest BCUT2D eigenvalue weighted by Crippen LogP contribution is -1.98. The van der Waals surface area contributed by atoms with Crippen LogP contribution in [-0.2, 0) is 9.84 Å². The monoisotopic (exact) mass is 288 g/mol. The van der Waals surface area contributed by atoms with Gasteiger partial charge < -0.3 is 0 Å². The van der Waals surface area contributed by atoms with Gasteiger partial charge in [-0.2, -0.15) is 0 Å². The molecule has 0 aliphatic rings. The standard InChI is InChI=1S/C16H16O3S/c1-3-16(17)14-8-4-6-12(10-14)13-7-5-9-15(11-13)20(2,18)19/h4-11H,3H2,1-2H3. The molecule has 0 spiro atoms. The molecule has 0 aromatic heterocycles. The first kappa shape index (κ1) is 14.5. The average molecular weight is 288 g/mol. The van der Waals surface area contributed by atoms with E-state index < -0.39 is 9.84 Å². The third-order valence-corrected chi connectivity index (χ3v) is 4.21. The van der Waals surface area contributed by atoms with Gasteiger partial charge in [0.05, 0.1) is 4.90 Å². The molecule has 0 radical (unpaired) electrons. The van der Waals surface area contributed by atoms with Gasteiger partial charge >= 0.3 is 0 Å². The highest BCUT2D eigenvalue weighted by Gasteiger charge is 2.09. The van der Waals surface area contributed by atoms with E-state index in [2.05, 4.69) is 0 Å². The van der Waals surface area contributed by atoms with Gasteiger partial charge in [-0.15, -0.1) is 0 Å². The van der Waals surface area contributed by atoms with Crippen LogP contribution in [0.5, 0.6) is 0 Å². The summed E-state index contributed by atoms with van der Waals surface area (Å²) in [6.07, 6.45) is 1.63. The van der Waals surface area contributed by atoms with Gasteiger partial charge in [0.1, 0.15) is 0 Å². The fourth-order valence-electron chi connectivity index (χ4n) is 1.98. The Balaban J connectivity index is 2.50. The first-order valence-electron chi connectivity index (χ1n) is 6.35. The molecule has 0 atom stereocenters. The molecule has 2 aromatic carbocycles. The van der Waals surface area contributed by atoms with Crippen molar-refractivity contribution in [2.24, 2.45) is 0 Å². The molecule has 2 rings (SSSR count). The summed E-state index contributed by atoms with van der Waals surface area (Å²) < 4.78 is 23.2. The topological polar surface area (TPSA) is 51.2 Å². The number of rotatable bonds is 4. The van der Waals surface area contributed by atoms with E-state index in [1.54, 1.807) is 30.3 Å². The molecule has 20 heavy (non-hydrogen) atoms. The van der Waals surface area contributed by atoms with E-state index in [0.29, 0.717) is 12.0 Å². The second-order valence-electron chi connectivity index (χ2n) is 4.66. The summed E-state index contributed by atoms with van der Waals surface area (Å²) in [6.45, 7) is 1.82. The first-order chi connectivity index (χ1) is 9.41. The lowest BCUT2D eigenvalue weighted by atomic mass is 10.0. The van der Waals surface area contributed by atoms with Crippen molar-refractivity contribution in [3.8, 4) is 11.1 Å². The van der Waals surface area contributed by atoms with E-state index >= 15 is 0 Å². The van der Waals surface area contributed by atoms with Gasteiger partial charge in [0.2, 0.25) is 0 Å². The Morgan fingerprint density at radius 3 is 2.20 bits per heavy atom. The lowest BCUT2D eigenvalue weighted by Gasteiger charge is -2.06. The second-order valence-corrected chi connectivity index (χ2v) is 6.67. The molecule has 0 bridgehead atoms. The van der Waals surface area contributed by atoms with E-state index in [4.69, 9.17) is 0 Å². The molecular formula is C16H16O3S. The molecule has 4 heteroatoms. The Hall–Kier alpha value is -1.94. The Kier molecular flexibility index (Phi) is 4.04. The van der Waals surface area contributed by atoms with Crippen molar-refractivity contribution in [2.45, 2.75) is 18.2 Å². The summed E-state index contributed by atoms with van der Waals surface area (Å²) >= 11 is 0. The van der Waals surface area contributed by atoms with E-state index in [-0.39, 0.29) is 10.7 Å². The molecule has 0 saturated carbocycles. The zero-order valence-corrected chi connectivity index (χ0v) is 12.3. The van der Waals surface area contributed by atoms with Crippen LogP contribution in [0.15, 0.2) is 53.4 Å². The van der Waals surface area contributed by atoms with E-state index in [0.717, 1.165) is 11.1 Å². The molecule has 3 nitrogen and oxygen atoms in total. The quantitative estimate of drug-likeness (QED) is 0.811. The highest BCUT2D eigenvalue weighted by molar-refractivity contribution is 7.90. The van der Waals surface area contributed by atoms with Crippen LogP contribution < -0.4 is 0 Å². The molecule has 0 amide bonds. The predicted octanol–water partition coefficient (Wildman–Crippen LogP) is 3.35. The highest BCUT2D eigenvalue weighted by Crippen LogP contribution is 2.23. The normalized spacial score (nSPS) is 11.3. The summed E-state index contributed by atoms with van der Waals surface area (Å²) in [7, 11) is -3.23. The maximum atomic E-state index is 11.7. The minimum Gasteiger partial charge on any atom is -0.294 e. The minimum atomic E-state index is -3.23. The van der Waals surface area contributed by atoms with Crippen LogP contribution >= 0.6 is 0 Å². The van der Waals surface area contributed by atoms with Crippen molar-refractivity contribution in [3.05, 3.63) is 54.1 Å². The van der Waals surface area contributed by atoms with Crippen molar-refractivity contribution in [1.29, 1.82) is 0 Å².